The third-order valence-electron chi connectivity index (χ3n) is 5.30. The molecule has 0 bridgehead atoms. The highest BCUT2D eigenvalue weighted by atomic mass is 16.5. The molecule has 0 aliphatic rings. The first kappa shape index (κ1) is 25.5. The molecule has 1 heterocycles. The molecular weight excluding hydrogens is 378 g/mol. The highest BCUT2D eigenvalue weighted by molar-refractivity contribution is 5.40. The second-order valence-corrected chi connectivity index (χ2v) is 7.73. The van der Waals surface area contributed by atoms with Gasteiger partial charge < -0.3 is 19.6 Å². The number of pyridine rings is 1. The number of aliphatic hydroxyl groups is 1. The maximum atomic E-state index is 12.4. The minimum Gasteiger partial charge on any atom is -0.488 e. The maximum Gasteiger partial charge on any atom is 0.238 e. The molecule has 0 amide bonds. The van der Waals surface area contributed by atoms with Gasteiger partial charge in [-0.2, -0.15) is 0 Å². The summed E-state index contributed by atoms with van der Waals surface area (Å²) in [6, 6.07) is 0. The van der Waals surface area contributed by atoms with Gasteiger partial charge in [-0.3, -0.25) is 4.79 Å². The zero-order valence-electron chi connectivity index (χ0n) is 19.6. The van der Waals surface area contributed by atoms with Crippen molar-refractivity contribution in [3.8, 4) is 11.6 Å². The van der Waals surface area contributed by atoms with Crippen molar-refractivity contribution < 1.29 is 14.6 Å². The molecule has 0 spiro atoms. The molecule has 0 fully saturated rings. The van der Waals surface area contributed by atoms with Crippen LogP contribution in [-0.4, -0.2) is 30.4 Å². The molecular formula is C25H37NO4. The zero-order valence-corrected chi connectivity index (χ0v) is 19.6. The maximum absolute atomic E-state index is 12.4. The van der Waals surface area contributed by atoms with Crippen molar-refractivity contribution in [1.82, 2.24) is 4.98 Å². The Morgan fingerprint density at radius 3 is 2.43 bits per heavy atom. The van der Waals surface area contributed by atoms with Crippen LogP contribution in [0.5, 0.6) is 11.6 Å². The number of nitrogens with one attached hydrogen (secondary N) is 1. The second kappa shape index (κ2) is 12.2. The summed E-state index contributed by atoms with van der Waals surface area (Å²) in [7, 11) is 2.97. The Kier molecular flexibility index (Phi) is 10.4. The Morgan fingerprint density at radius 1 is 1.20 bits per heavy atom. The van der Waals surface area contributed by atoms with Gasteiger partial charge >= 0.3 is 0 Å². The van der Waals surface area contributed by atoms with Crippen LogP contribution >= 0.6 is 0 Å². The van der Waals surface area contributed by atoms with Crippen molar-refractivity contribution in [2.24, 2.45) is 5.92 Å². The predicted molar refractivity (Wildman–Crippen MR) is 124 cm³/mol. The molecule has 0 unspecified atom stereocenters. The molecule has 5 nitrogen and oxygen atoms in total. The van der Waals surface area contributed by atoms with Crippen molar-refractivity contribution >= 4 is 0 Å². The smallest absolute Gasteiger partial charge is 0.238 e. The number of methoxy groups -OCH3 is 2. The summed E-state index contributed by atoms with van der Waals surface area (Å²) in [5.41, 5.74) is 4.61. The van der Waals surface area contributed by atoms with E-state index < -0.39 is 6.10 Å². The van der Waals surface area contributed by atoms with Crippen LogP contribution in [0.25, 0.3) is 0 Å². The van der Waals surface area contributed by atoms with Gasteiger partial charge in [0.2, 0.25) is 17.1 Å². The molecule has 0 saturated heterocycles. The number of aromatic amines is 1. The van der Waals surface area contributed by atoms with E-state index >= 15 is 0 Å². The van der Waals surface area contributed by atoms with Gasteiger partial charge in [-0.05, 0) is 46.6 Å². The Morgan fingerprint density at radius 2 is 1.87 bits per heavy atom. The summed E-state index contributed by atoms with van der Waals surface area (Å²) in [6.45, 7) is 11.8. The van der Waals surface area contributed by atoms with Crippen LogP contribution in [-0.2, 0) is 6.42 Å². The average Bonchev–Trinajstić information content (AvgIpc) is 2.73. The van der Waals surface area contributed by atoms with Gasteiger partial charge in [0.1, 0.15) is 0 Å². The summed E-state index contributed by atoms with van der Waals surface area (Å²) in [5.74, 6) is 0.611. The third-order valence-corrected chi connectivity index (χ3v) is 5.30. The van der Waals surface area contributed by atoms with Crippen molar-refractivity contribution in [3.05, 3.63) is 68.6 Å². The van der Waals surface area contributed by atoms with Gasteiger partial charge in [0.05, 0.1) is 20.3 Å². The predicted octanol–water partition coefficient (Wildman–Crippen LogP) is 5.05. The molecule has 166 valence electrons. The first-order chi connectivity index (χ1) is 14.2. The van der Waals surface area contributed by atoms with E-state index in [4.69, 9.17) is 9.47 Å². The lowest BCUT2D eigenvalue weighted by Gasteiger charge is -2.16. The Balaban J connectivity index is 2.80. The van der Waals surface area contributed by atoms with Gasteiger partial charge in [-0.15, -0.1) is 0 Å². The standard InChI is InChI=1S/C25H37NO4/c1-9-18(4)22(27)19(5)15-17(3)12-10-11-16(2)13-14-21-20(6)23(28)24(29-7)25(26-21)30-8/h9-10,12-13,15,19,22,27H,11,14H2,1-8H3,(H,26,28)/b12-10+,16-13+,17-15+,18-9-/t19-,22+/m1/s1. The number of ether oxygens (including phenoxy) is 2. The number of aliphatic hydroxyl groups excluding tert-OH is 1. The van der Waals surface area contributed by atoms with Gasteiger partial charge in [0.25, 0.3) is 0 Å². The molecule has 0 aliphatic heterocycles. The van der Waals surface area contributed by atoms with Crippen LogP contribution in [0, 0.1) is 12.8 Å². The number of aromatic nitrogens is 1. The second-order valence-electron chi connectivity index (χ2n) is 7.73. The Labute approximate surface area is 180 Å². The van der Waals surface area contributed by atoms with Crippen LogP contribution in [0.15, 0.2) is 51.9 Å². The van der Waals surface area contributed by atoms with Crippen molar-refractivity contribution in [2.45, 2.75) is 60.5 Å². The Bertz CT molecular complexity index is 887. The fourth-order valence-corrected chi connectivity index (χ4v) is 3.17. The molecule has 0 aromatic carbocycles. The van der Waals surface area contributed by atoms with E-state index in [0.29, 0.717) is 17.9 Å². The molecule has 1 aromatic rings. The minimum absolute atomic E-state index is 0.0624. The molecule has 1 rings (SSSR count). The van der Waals surface area contributed by atoms with Crippen LogP contribution in [0.2, 0.25) is 0 Å². The summed E-state index contributed by atoms with van der Waals surface area (Å²) >= 11 is 0. The van der Waals surface area contributed by atoms with Crippen LogP contribution < -0.4 is 14.9 Å². The number of H-pyrrole nitrogens is 1. The summed E-state index contributed by atoms with van der Waals surface area (Å²) in [4.78, 5) is 15.6. The molecule has 2 atom stereocenters. The fourth-order valence-electron chi connectivity index (χ4n) is 3.17. The molecule has 5 heteroatoms. The van der Waals surface area contributed by atoms with Gasteiger partial charge in [0, 0.05) is 23.6 Å². The summed E-state index contributed by atoms with van der Waals surface area (Å²) in [6.07, 6.45) is 11.3. The first-order valence-electron chi connectivity index (χ1n) is 10.3. The average molecular weight is 416 g/mol. The third kappa shape index (κ3) is 7.06. The number of allylic oxidation sites excluding steroid dienone is 6. The minimum atomic E-state index is -0.452. The van der Waals surface area contributed by atoms with Crippen molar-refractivity contribution in [3.63, 3.8) is 0 Å². The lowest BCUT2D eigenvalue weighted by Crippen LogP contribution is -2.17. The fraction of sp³-hybridized carbons (Fsp3) is 0.480. The van der Waals surface area contributed by atoms with Crippen LogP contribution in [0.4, 0.5) is 0 Å². The van der Waals surface area contributed by atoms with Crippen molar-refractivity contribution in [1.29, 1.82) is 0 Å². The van der Waals surface area contributed by atoms with Gasteiger partial charge in [-0.25, -0.2) is 0 Å². The summed E-state index contributed by atoms with van der Waals surface area (Å²) < 4.78 is 10.4. The Hall–Kier alpha value is -2.53. The SMILES string of the molecule is C/C=C(/C)[C@H](O)[C@H](C)/C=C(C)/C=C/C/C(C)=C/Cc1[nH]c(OC)c(OC)c(=O)c1C. The molecule has 0 aliphatic carbocycles. The van der Waals surface area contributed by atoms with E-state index in [1.165, 1.54) is 19.8 Å². The van der Waals surface area contributed by atoms with E-state index in [9.17, 15) is 9.90 Å². The first-order valence-corrected chi connectivity index (χ1v) is 10.3. The van der Waals surface area contributed by atoms with Gasteiger partial charge in [0.15, 0.2) is 0 Å². The molecule has 30 heavy (non-hydrogen) atoms. The zero-order chi connectivity index (χ0) is 22.8. The topological polar surface area (TPSA) is 71.6 Å². The molecule has 0 saturated carbocycles. The van der Waals surface area contributed by atoms with Crippen LogP contribution in [0.3, 0.4) is 0 Å². The molecule has 0 radical (unpaired) electrons. The molecule has 2 N–H and O–H groups in total. The van der Waals surface area contributed by atoms with E-state index in [2.05, 4.69) is 36.2 Å². The van der Waals surface area contributed by atoms with E-state index in [1.807, 2.05) is 33.8 Å². The monoisotopic (exact) mass is 415 g/mol. The van der Waals surface area contributed by atoms with E-state index in [0.717, 1.165) is 23.3 Å². The quantitative estimate of drug-likeness (QED) is 0.415. The lowest BCUT2D eigenvalue weighted by atomic mass is 9.96. The number of rotatable bonds is 10. The van der Waals surface area contributed by atoms with Gasteiger partial charge in [-0.1, -0.05) is 48.5 Å². The highest BCUT2D eigenvalue weighted by Gasteiger charge is 2.15. The lowest BCUT2D eigenvalue weighted by molar-refractivity contribution is 0.173. The van der Waals surface area contributed by atoms with Crippen molar-refractivity contribution in [2.75, 3.05) is 14.2 Å². The largest absolute Gasteiger partial charge is 0.488 e. The summed E-state index contributed by atoms with van der Waals surface area (Å²) in [5, 5.41) is 10.3. The van der Waals surface area contributed by atoms with E-state index in [-0.39, 0.29) is 17.1 Å². The number of hydrogen-bond acceptors (Lipinski definition) is 4. The van der Waals surface area contributed by atoms with E-state index in [1.54, 1.807) is 6.92 Å². The number of hydrogen-bond donors (Lipinski definition) is 2. The normalized spacial score (nSPS) is 15.4. The highest BCUT2D eigenvalue weighted by Crippen LogP contribution is 2.22. The van der Waals surface area contributed by atoms with Crippen LogP contribution in [0.1, 0.15) is 52.3 Å². The molecule has 1 aromatic heterocycles.